The van der Waals surface area contributed by atoms with Crippen molar-refractivity contribution in [2.45, 2.75) is 33.7 Å². The fraction of sp³-hybridized carbons (Fsp3) is 0.529. The van der Waals surface area contributed by atoms with E-state index in [2.05, 4.69) is 25.7 Å². The van der Waals surface area contributed by atoms with E-state index in [1.54, 1.807) is 26.2 Å². The van der Waals surface area contributed by atoms with Crippen LogP contribution >= 0.6 is 0 Å². The summed E-state index contributed by atoms with van der Waals surface area (Å²) in [4.78, 5) is 27.2. The zero-order valence-corrected chi connectivity index (χ0v) is 14.3. The van der Waals surface area contributed by atoms with Gasteiger partial charge in [-0.2, -0.15) is 0 Å². The lowest BCUT2D eigenvalue weighted by atomic mass is 10.0. The van der Waals surface area contributed by atoms with Crippen molar-refractivity contribution in [1.82, 2.24) is 9.80 Å². The molecule has 1 amide bonds. The highest BCUT2D eigenvalue weighted by molar-refractivity contribution is 5.97. The van der Waals surface area contributed by atoms with Crippen molar-refractivity contribution in [2.24, 2.45) is 0 Å². The molecule has 0 N–H and O–H groups in total. The average molecular weight is 306 g/mol. The standard InChI is InChI=1S/C17H26N2O3/c1-7-19(8-2)12(3)14-9-10-15(13(4)20)16(11-14)22-17(21)18(5)6/h9-12H,7-8H2,1-6H3. The first-order valence-electron chi connectivity index (χ1n) is 7.59. The highest BCUT2D eigenvalue weighted by Crippen LogP contribution is 2.27. The number of hydrogen-bond donors (Lipinski definition) is 0. The normalized spacial score (nSPS) is 12.1. The van der Waals surface area contributed by atoms with Crippen molar-refractivity contribution in [3.63, 3.8) is 0 Å². The van der Waals surface area contributed by atoms with Crippen molar-refractivity contribution in [3.05, 3.63) is 29.3 Å². The third-order valence-corrected chi connectivity index (χ3v) is 3.79. The molecule has 1 aromatic carbocycles. The largest absolute Gasteiger partial charge is 0.414 e. The lowest BCUT2D eigenvalue weighted by molar-refractivity contribution is 0.101. The van der Waals surface area contributed by atoms with Gasteiger partial charge >= 0.3 is 6.09 Å². The van der Waals surface area contributed by atoms with E-state index in [9.17, 15) is 9.59 Å². The molecule has 0 spiro atoms. The van der Waals surface area contributed by atoms with Crippen LogP contribution in [0.25, 0.3) is 0 Å². The van der Waals surface area contributed by atoms with Crippen LogP contribution in [0.2, 0.25) is 0 Å². The van der Waals surface area contributed by atoms with E-state index in [1.807, 2.05) is 6.07 Å². The summed E-state index contributed by atoms with van der Waals surface area (Å²) >= 11 is 0. The third kappa shape index (κ3) is 4.31. The Bertz CT molecular complexity index is 537. The Morgan fingerprint density at radius 1 is 1.18 bits per heavy atom. The molecule has 122 valence electrons. The molecule has 0 radical (unpaired) electrons. The van der Waals surface area contributed by atoms with Crippen molar-refractivity contribution in [1.29, 1.82) is 0 Å². The number of carbonyl (C=O) groups excluding carboxylic acids is 2. The summed E-state index contributed by atoms with van der Waals surface area (Å²) < 4.78 is 5.35. The van der Waals surface area contributed by atoms with Crippen molar-refractivity contribution in [3.8, 4) is 5.75 Å². The number of ketones is 1. The summed E-state index contributed by atoms with van der Waals surface area (Å²) in [7, 11) is 3.22. The van der Waals surface area contributed by atoms with Crippen molar-refractivity contribution < 1.29 is 14.3 Å². The predicted molar refractivity (Wildman–Crippen MR) is 87.5 cm³/mol. The average Bonchev–Trinajstić information content (AvgIpc) is 2.47. The zero-order chi connectivity index (χ0) is 16.9. The minimum Gasteiger partial charge on any atom is -0.409 e. The highest BCUT2D eigenvalue weighted by Gasteiger charge is 2.18. The first kappa shape index (κ1) is 18.2. The Labute approximate surface area is 132 Å². The third-order valence-electron chi connectivity index (χ3n) is 3.79. The molecule has 22 heavy (non-hydrogen) atoms. The van der Waals surface area contributed by atoms with Gasteiger partial charge in [0.05, 0.1) is 5.56 Å². The second-order valence-corrected chi connectivity index (χ2v) is 5.47. The minimum atomic E-state index is -0.491. The van der Waals surface area contributed by atoms with Gasteiger partial charge in [0, 0.05) is 20.1 Å². The van der Waals surface area contributed by atoms with Crippen LogP contribution in [0.3, 0.4) is 0 Å². The van der Waals surface area contributed by atoms with Crippen LogP contribution < -0.4 is 4.74 Å². The SMILES string of the molecule is CCN(CC)C(C)c1ccc(C(C)=O)c(OC(=O)N(C)C)c1. The number of hydrogen-bond acceptors (Lipinski definition) is 4. The molecule has 0 heterocycles. The summed E-state index contributed by atoms with van der Waals surface area (Å²) in [6, 6.07) is 5.64. The minimum absolute atomic E-state index is 0.122. The van der Waals surface area contributed by atoms with E-state index in [1.165, 1.54) is 11.8 Å². The summed E-state index contributed by atoms with van der Waals surface area (Å²) in [5.74, 6) is 0.200. The molecular formula is C17H26N2O3. The van der Waals surface area contributed by atoms with Crippen LogP contribution in [0.1, 0.15) is 49.7 Å². The fourth-order valence-electron chi connectivity index (χ4n) is 2.34. The van der Waals surface area contributed by atoms with Crippen LogP contribution in [0.4, 0.5) is 4.79 Å². The topological polar surface area (TPSA) is 49.9 Å². The molecule has 0 aromatic heterocycles. The maximum Gasteiger partial charge on any atom is 0.414 e. The number of amides is 1. The van der Waals surface area contributed by atoms with Gasteiger partial charge in [0.2, 0.25) is 0 Å². The van der Waals surface area contributed by atoms with Crippen LogP contribution in [-0.4, -0.2) is 48.9 Å². The molecule has 0 fully saturated rings. The molecule has 0 aliphatic carbocycles. The maximum atomic E-state index is 11.8. The Morgan fingerprint density at radius 3 is 2.23 bits per heavy atom. The molecule has 0 bridgehead atoms. The Hall–Kier alpha value is -1.88. The molecular weight excluding hydrogens is 280 g/mol. The predicted octanol–water partition coefficient (Wildman–Crippen LogP) is 3.35. The number of Topliss-reactive ketones (excluding diaryl/α,β-unsaturated/α-hetero) is 1. The van der Waals surface area contributed by atoms with E-state index >= 15 is 0 Å². The van der Waals surface area contributed by atoms with Gasteiger partial charge in [-0.25, -0.2) is 4.79 Å². The van der Waals surface area contributed by atoms with Gasteiger partial charge in [-0.3, -0.25) is 9.69 Å². The Morgan fingerprint density at radius 2 is 1.77 bits per heavy atom. The van der Waals surface area contributed by atoms with E-state index < -0.39 is 6.09 Å². The van der Waals surface area contributed by atoms with Gasteiger partial charge in [0.1, 0.15) is 5.75 Å². The second kappa shape index (κ2) is 7.94. The molecule has 0 saturated heterocycles. The lowest BCUT2D eigenvalue weighted by Gasteiger charge is -2.27. The van der Waals surface area contributed by atoms with Gasteiger partial charge in [0.15, 0.2) is 5.78 Å². The molecule has 5 nitrogen and oxygen atoms in total. The number of ether oxygens (including phenoxy) is 1. The molecule has 0 saturated carbocycles. The molecule has 1 aromatic rings. The fourth-order valence-corrected chi connectivity index (χ4v) is 2.34. The maximum absolute atomic E-state index is 11.8. The molecule has 0 aliphatic rings. The zero-order valence-electron chi connectivity index (χ0n) is 14.3. The molecule has 1 rings (SSSR count). The van der Waals surface area contributed by atoms with Crippen LogP contribution in [-0.2, 0) is 0 Å². The molecule has 0 aliphatic heterocycles. The van der Waals surface area contributed by atoms with Gasteiger partial charge in [-0.05, 0) is 44.6 Å². The number of benzene rings is 1. The molecule has 5 heteroatoms. The van der Waals surface area contributed by atoms with Crippen LogP contribution in [0, 0.1) is 0 Å². The summed E-state index contributed by atoms with van der Waals surface area (Å²) in [5.41, 5.74) is 1.45. The van der Waals surface area contributed by atoms with Crippen molar-refractivity contribution >= 4 is 11.9 Å². The van der Waals surface area contributed by atoms with E-state index in [0.717, 1.165) is 18.7 Å². The summed E-state index contributed by atoms with van der Waals surface area (Å²) in [6.45, 7) is 9.65. The number of nitrogens with zero attached hydrogens (tertiary/aromatic N) is 2. The van der Waals surface area contributed by atoms with Crippen LogP contribution in [0.5, 0.6) is 5.75 Å². The molecule has 1 atom stereocenters. The first-order valence-corrected chi connectivity index (χ1v) is 7.59. The molecule has 1 unspecified atom stereocenters. The van der Waals surface area contributed by atoms with Crippen molar-refractivity contribution in [2.75, 3.05) is 27.2 Å². The first-order chi connectivity index (χ1) is 10.3. The van der Waals surface area contributed by atoms with Gasteiger partial charge < -0.3 is 9.64 Å². The number of carbonyl (C=O) groups is 2. The Balaban J connectivity index is 3.18. The van der Waals surface area contributed by atoms with E-state index in [0.29, 0.717) is 11.3 Å². The van der Waals surface area contributed by atoms with E-state index in [4.69, 9.17) is 4.74 Å². The van der Waals surface area contributed by atoms with E-state index in [-0.39, 0.29) is 11.8 Å². The number of rotatable bonds is 6. The van der Waals surface area contributed by atoms with Gasteiger partial charge in [-0.1, -0.05) is 19.9 Å². The Kier molecular flexibility index (Phi) is 6.56. The quantitative estimate of drug-likeness (QED) is 0.756. The highest BCUT2D eigenvalue weighted by atomic mass is 16.6. The monoisotopic (exact) mass is 306 g/mol. The lowest BCUT2D eigenvalue weighted by Crippen LogP contribution is -2.27. The van der Waals surface area contributed by atoms with Gasteiger partial charge in [-0.15, -0.1) is 0 Å². The summed E-state index contributed by atoms with van der Waals surface area (Å²) in [6.07, 6.45) is -0.491. The van der Waals surface area contributed by atoms with Crippen LogP contribution in [0.15, 0.2) is 18.2 Å². The van der Waals surface area contributed by atoms with Gasteiger partial charge in [0.25, 0.3) is 0 Å². The smallest absolute Gasteiger partial charge is 0.409 e. The second-order valence-electron chi connectivity index (χ2n) is 5.47. The summed E-state index contributed by atoms with van der Waals surface area (Å²) in [5, 5.41) is 0.